The highest BCUT2D eigenvalue weighted by molar-refractivity contribution is 6.32. The molecule has 1 saturated heterocycles. The van der Waals surface area contributed by atoms with E-state index in [1.54, 1.807) is 0 Å². The first-order chi connectivity index (χ1) is 8.50. The lowest BCUT2D eigenvalue weighted by atomic mass is 10.2. The summed E-state index contributed by atoms with van der Waals surface area (Å²) >= 11 is 5.72. The summed E-state index contributed by atoms with van der Waals surface area (Å²) in [5.41, 5.74) is -0.107. The van der Waals surface area contributed by atoms with E-state index in [2.05, 4.69) is 4.98 Å². The molecule has 1 aliphatic rings. The zero-order valence-electron chi connectivity index (χ0n) is 9.27. The van der Waals surface area contributed by atoms with Gasteiger partial charge in [0.05, 0.1) is 11.8 Å². The Hall–Kier alpha value is -1.69. The maximum absolute atomic E-state index is 13.0. The molecule has 0 bridgehead atoms. The maximum atomic E-state index is 13.0. The molecule has 0 saturated carbocycles. The van der Waals surface area contributed by atoms with Crippen LogP contribution in [0.2, 0.25) is 5.15 Å². The van der Waals surface area contributed by atoms with Gasteiger partial charge in [-0.3, -0.25) is 4.79 Å². The van der Waals surface area contributed by atoms with Crippen LogP contribution >= 0.6 is 11.6 Å². The number of rotatable bonds is 2. The third-order valence-corrected chi connectivity index (χ3v) is 3.14. The van der Waals surface area contributed by atoms with E-state index in [0.717, 1.165) is 12.3 Å². The van der Waals surface area contributed by atoms with Crippen LogP contribution in [0.5, 0.6) is 0 Å². The zero-order chi connectivity index (χ0) is 13.3. The SMILES string of the molecule is O=C(O)[C@H]1CCCN1C(=O)c1cc(F)cnc1Cl. The molecule has 0 aromatic carbocycles. The third-order valence-electron chi connectivity index (χ3n) is 2.83. The molecule has 1 aromatic heterocycles. The van der Waals surface area contributed by atoms with Crippen LogP contribution in [0.3, 0.4) is 0 Å². The molecular weight excluding hydrogens is 263 g/mol. The number of likely N-dealkylation sites (tertiary alicyclic amines) is 1. The Balaban J connectivity index is 2.31. The number of halogens is 2. The number of nitrogens with zero attached hydrogens (tertiary/aromatic N) is 2. The minimum atomic E-state index is -1.07. The van der Waals surface area contributed by atoms with E-state index in [0.29, 0.717) is 19.4 Å². The molecule has 2 rings (SSSR count). The topological polar surface area (TPSA) is 70.5 Å². The van der Waals surface area contributed by atoms with Gasteiger partial charge in [-0.25, -0.2) is 14.2 Å². The molecule has 1 aliphatic heterocycles. The van der Waals surface area contributed by atoms with Crippen molar-refractivity contribution in [2.45, 2.75) is 18.9 Å². The number of carbonyl (C=O) groups is 2. The Morgan fingerprint density at radius 2 is 2.28 bits per heavy atom. The van der Waals surface area contributed by atoms with E-state index in [9.17, 15) is 14.0 Å². The van der Waals surface area contributed by atoms with Crippen molar-refractivity contribution in [3.05, 3.63) is 28.8 Å². The van der Waals surface area contributed by atoms with Gasteiger partial charge in [0.25, 0.3) is 5.91 Å². The van der Waals surface area contributed by atoms with Crippen molar-refractivity contribution in [2.75, 3.05) is 6.54 Å². The number of hydrogen-bond acceptors (Lipinski definition) is 3. The summed E-state index contributed by atoms with van der Waals surface area (Å²) < 4.78 is 13.0. The van der Waals surface area contributed by atoms with E-state index < -0.39 is 23.7 Å². The van der Waals surface area contributed by atoms with Crippen LogP contribution in [0.4, 0.5) is 4.39 Å². The van der Waals surface area contributed by atoms with Crippen LogP contribution in [0, 0.1) is 5.82 Å². The quantitative estimate of drug-likeness (QED) is 0.830. The average Bonchev–Trinajstić information content (AvgIpc) is 2.80. The van der Waals surface area contributed by atoms with Crippen LogP contribution in [0.1, 0.15) is 23.2 Å². The van der Waals surface area contributed by atoms with Crippen LogP contribution < -0.4 is 0 Å². The molecule has 1 N–H and O–H groups in total. The van der Waals surface area contributed by atoms with Gasteiger partial charge >= 0.3 is 5.97 Å². The monoisotopic (exact) mass is 272 g/mol. The lowest BCUT2D eigenvalue weighted by molar-refractivity contribution is -0.141. The van der Waals surface area contributed by atoms with Crippen LogP contribution in [0.15, 0.2) is 12.3 Å². The fraction of sp³-hybridized carbons (Fsp3) is 0.364. The van der Waals surface area contributed by atoms with E-state index in [1.807, 2.05) is 0 Å². The van der Waals surface area contributed by atoms with Gasteiger partial charge in [0.15, 0.2) is 0 Å². The molecule has 18 heavy (non-hydrogen) atoms. The Labute approximate surface area is 107 Å². The van der Waals surface area contributed by atoms with Crippen LogP contribution in [0.25, 0.3) is 0 Å². The zero-order valence-corrected chi connectivity index (χ0v) is 10.0. The van der Waals surface area contributed by atoms with E-state index in [4.69, 9.17) is 16.7 Å². The average molecular weight is 273 g/mol. The standard InChI is InChI=1S/C11H10ClFN2O3/c12-9-7(4-6(13)5-14-9)10(16)15-3-1-2-8(15)11(17)18/h4-5,8H,1-3H2,(H,17,18)/t8-/m1/s1. The Kier molecular flexibility index (Phi) is 3.47. The molecule has 2 heterocycles. The van der Waals surface area contributed by atoms with E-state index >= 15 is 0 Å². The van der Waals surface area contributed by atoms with Crippen molar-refractivity contribution in [1.29, 1.82) is 0 Å². The molecule has 7 heteroatoms. The number of hydrogen-bond donors (Lipinski definition) is 1. The summed E-state index contributed by atoms with van der Waals surface area (Å²) in [4.78, 5) is 27.8. The molecule has 1 aromatic rings. The highest BCUT2D eigenvalue weighted by atomic mass is 35.5. The number of aliphatic carboxylic acids is 1. The Morgan fingerprint density at radius 3 is 2.94 bits per heavy atom. The number of carboxylic acid groups (broad SMARTS) is 1. The number of pyridine rings is 1. The molecule has 5 nitrogen and oxygen atoms in total. The fourth-order valence-corrected chi connectivity index (χ4v) is 2.18. The van der Waals surface area contributed by atoms with Crippen molar-refractivity contribution >= 4 is 23.5 Å². The summed E-state index contributed by atoms with van der Waals surface area (Å²) in [5, 5.41) is 8.86. The maximum Gasteiger partial charge on any atom is 0.326 e. The molecule has 0 spiro atoms. The van der Waals surface area contributed by atoms with Crippen molar-refractivity contribution in [3.8, 4) is 0 Å². The first kappa shape index (κ1) is 12.8. The summed E-state index contributed by atoms with van der Waals surface area (Å²) in [6.45, 7) is 0.322. The van der Waals surface area contributed by atoms with Gasteiger partial charge in [-0.05, 0) is 18.9 Å². The van der Waals surface area contributed by atoms with Crippen molar-refractivity contribution < 1.29 is 19.1 Å². The van der Waals surface area contributed by atoms with Gasteiger partial charge in [-0.15, -0.1) is 0 Å². The Bertz CT molecular complexity index is 509. The summed E-state index contributed by atoms with van der Waals surface area (Å²) in [6.07, 6.45) is 1.89. The molecule has 96 valence electrons. The summed E-state index contributed by atoms with van der Waals surface area (Å²) in [7, 11) is 0. The van der Waals surface area contributed by atoms with Gasteiger partial charge < -0.3 is 10.0 Å². The summed E-state index contributed by atoms with van der Waals surface area (Å²) in [6, 6.07) is 0.0892. The highest BCUT2D eigenvalue weighted by Gasteiger charge is 2.35. The van der Waals surface area contributed by atoms with Crippen molar-refractivity contribution in [2.24, 2.45) is 0 Å². The second-order valence-corrected chi connectivity index (χ2v) is 4.34. The Morgan fingerprint density at radius 1 is 1.56 bits per heavy atom. The van der Waals surface area contributed by atoms with Crippen molar-refractivity contribution in [3.63, 3.8) is 0 Å². The second-order valence-electron chi connectivity index (χ2n) is 3.99. The number of carbonyl (C=O) groups excluding carboxylic acids is 1. The summed E-state index contributed by atoms with van der Waals surface area (Å²) in [5.74, 6) is -2.35. The van der Waals surface area contributed by atoms with Gasteiger partial charge in [-0.1, -0.05) is 11.6 Å². The highest BCUT2D eigenvalue weighted by Crippen LogP contribution is 2.23. The first-order valence-electron chi connectivity index (χ1n) is 5.35. The smallest absolute Gasteiger partial charge is 0.326 e. The normalized spacial score (nSPS) is 19.0. The minimum absolute atomic E-state index is 0.107. The molecule has 1 atom stereocenters. The molecule has 1 fully saturated rings. The number of carboxylic acids is 1. The van der Waals surface area contributed by atoms with Gasteiger partial charge in [0.1, 0.15) is 17.0 Å². The molecule has 0 unspecified atom stereocenters. The third kappa shape index (κ3) is 2.28. The fourth-order valence-electron chi connectivity index (χ4n) is 1.99. The number of aromatic nitrogens is 1. The van der Waals surface area contributed by atoms with Gasteiger partial charge in [0.2, 0.25) is 0 Å². The predicted octanol–water partition coefficient (Wildman–Crippen LogP) is 1.56. The second kappa shape index (κ2) is 4.89. The lowest BCUT2D eigenvalue weighted by Gasteiger charge is -2.21. The van der Waals surface area contributed by atoms with E-state index in [1.165, 1.54) is 4.90 Å². The molecule has 0 radical (unpaired) electrons. The van der Waals surface area contributed by atoms with Crippen molar-refractivity contribution in [1.82, 2.24) is 9.88 Å². The molecule has 1 amide bonds. The van der Waals surface area contributed by atoms with Crippen LogP contribution in [-0.2, 0) is 4.79 Å². The predicted molar refractivity (Wildman–Crippen MR) is 60.9 cm³/mol. The van der Waals surface area contributed by atoms with Crippen LogP contribution in [-0.4, -0.2) is 39.5 Å². The number of amides is 1. The largest absolute Gasteiger partial charge is 0.480 e. The lowest BCUT2D eigenvalue weighted by Crippen LogP contribution is -2.40. The minimum Gasteiger partial charge on any atom is -0.480 e. The van der Waals surface area contributed by atoms with Gasteiger partial charge in [0, 0.05) is 6.54 Å². The molecular formula is C11H10ClFN2O3. The van der Waals surface area contributed by atoms with Gasteiger partial charge in [-0.2, -0.15) is 0 Å². The molecule has 0 aliphatic carbocycles. The first-order valence-corrected chi connectivity index (χ1v) is 5.73. The van der Waals surface area contributed by atoms with E-state index in [-0.39, 0.29) is 10.7 Å².